The standard InChI is InChI=1S/C53H36N2/c1-5-21-39(22-6-1)54(40-23-7-2-8-24-40)43-35-50-52(51(36-43)55(41-25-9-3-10-26-41)42-27-11-4-12-28-42)46-33-37-19-13-14-20-38(37)34-49(46)53(50)47-31-17-15-29-44(47)45-30-16-18-32-48(45)53/h1-36H. The van der Waals surface area contributed by atoms with E-state index in [-0.39, 0.29) is 0 Å². The third kappa shape index (κ3) is 4.68. The predicted molar refractivity (Wildman–Crippen MR) is 230 cm³/mol. The number of hydrogen-bond donors (Lipinski definition) is 0. The molecule has 0 radical (unpaired) electrons. The van der Waals surface area contributed by atoms with Crippen LogP contribution in [-0.2, 0) is 5.41 Å². The molecule has 11 rings (SSSR count). The zero-order valence-electron chi connectivity index (χ0n) is 30.2. The lowest BCUT2D eigenvalue weighted by atomic mass is 9.70. The summed E-state index contributed by atoms with van der Waals surface area (Å²) >= 11 is 0. The number of hydrogen-bond acceptors (Lipinski definition) is 2. The Balaban J connectivity index is 1.34. The molecule has 2 nitrogen and oxygen atoms in total. The van der Waals surface area contributed by atoms with Gasteiger partial charge in [0.05, 0.1) is 11.1 Å². The van der Waals surface area contributed by atoms with Crippen molar-refractivity contribution < 1.29 is 0 Å². The van der Waals surface area contributed by atoms with Gasteiger partial charge < -0.3 is 9.80 Å². The zero-order chi connectivity index (χ0) is 36.3. The molecule has 0 saturated carbocycles. The first kappa shape index (κ1) is 31.4. The first-order chi connectivity index (χ1) is 27.3. The first-order valence-corrected chi connectivity index (χ1v) is 19.0. The average molecular weight is 701 g/mol. The van der Waals surface area contributed by atoms with E-state index in [4.69, 9.17) is 0 Å². The van der Waals surface area contributed by atoms with E-state index in [0.717, 1.165) is 34.1 Å². The van der Waals surface area contributed by atoms with E-state index in [0.29, 0.717) is 0 Å². The summed E-state index contributed by atoms with van der Waals surface area (Å²) in [6.45, 7) is 0. The topological polar surface area (TPSA) is 6.48 Å². The maximum atomic E-state index is 2.50. The molecule has 2 aliphatic carbocycles. The van der Waals surface area contributed by atoms with Crippen molar-refractivity contribution in [3.8, 4) is 22.3 Å². The molecule has 9 aromatic carbocycles. The van der Waals surface area contributed by atoms with Crippen molar-refractivity contribution in [2.75, 3.05) is 9.80 Å². The molecule has 9 aromatic rings. The Bertz CT molecular complexity index is 2740. The van der Waals surface area contributed by atoms with Gasteiger partial charge in [0, 0.05) is 34.0 Å². The van der Waals surface area contributed by atoms with Crippen LogP contribution in [0.2, 0.25) is 0 Å². The lowest BCUT2D eigenvalue weighted by Gasteiger charge is -2.34. The highest BCUT2D eigenvalue weighted by atomic mass is 15.2. The molecular formula is C53H36N2. The van der Waals surface area contributed by atoms with E-state index in [1.165, 1.54) is 55.3 Å². The number of benzene rings is 9. The van der Waals surface area contributed by atoms with Crippen molar-refractivity contribution in [1.29, 1.82) is 0 Å². The molecule has 0 N–H and O–H groups in total. The molecule has 2 heteroatoms. The summed E-state index contributed by atoms with van der Waals surface area (Å²) in [5, 5.41) is 2.48. The van der Waals surface area contributed by atoms with Crippen molar-refractivity contribution in [3.05, 3.63) is 241 Å². The van der Waals surface area contributed by atoms with Crippen LogP contribution in [-0.4, -0.2) is 0 Å². The molecular weight excluding hydrogens is 665 g/mol. The Morgan fingerprint density at radius 3 is 1.20 bits per heavy atom. The van der Waals surface area contributed by atoms with Gasteiger partial charge in [0.2, 0.25) is 0 Å². The number of nitrogens with zero attached hydrogens (tertiary/aromatic N) is 2. The third-order valence-corrected chi connectivity index (χ3v) is 11.6. The van der Waals surface area contributed by atoms with Crippen molar-refractivity contribution in [2.24, 2.45) is 0 Å². The molecule has 0 fully saturated rings. The molecule has 0 heterocycles. The maximum Gasteiger partial charge on any atom is 0.0727 e. The highest BCUT2D eigenvalue weighted by Gasteiger charge is 2.53. The van der Waals surface area contributed by atoms with Crippen LogP contribution in [0, 0.1) is 0 Å². The highest BCUT2D eigenvalue weighted by Crippen LogP contribution is 2.66. The van der Waals surface area contributed by atoms with Crippen LogP contribution in [0.15, 0.2) is 218 Å². The van der Waals surface area contributed by atoms with Crippen LogP contribution in [0.5, 0.6) is 0 Å². The summed E-state index contributed by atoms with van der Waals surface area (Å²) in [6, 6.07) is 80.1. The van der Waals surface area contributed by atoms with Crippen LogP contribution >= 0.6 is 0 Å². The van der Waals surface area contributed by atoms with Crippen LogP contribution in [0.25, 0.3) is 33.0 Å². The van der Waals surface area contributed by atoms with E-state index in [2.05, 4.69) is 228 Å². The van der Waals surface area contributed by atoms with Crippen LogP contribution in [0.3, 0.4) is 0 Å². The van der Waals surface area contributed by atoms with Gasteiger partial charge in [0.25, 0.3) is 0 Å². The minimum absolute atomic E-state index is 0.551. The molecule has 0 atom stereocenters. The number of para-hydroxylation sites is 4. The van der Waals surface area contributed by atoms with E-state index in [1.807, 2.05) is 0 Å². The molecule has 55 heavy (non-hydrogen) atoms. The second kappa shape index (κ2) is 12.5. The lowest BCUT2D eigenvalue weighted by molar-refractivity contribution is 0.795. The van der Waals surface area contributed by atoms with Crippen molar-refractivity contribution >= 4 is 44.9 Å². The normalized spacial score (nSPS) is 12.9. The Labute approximate surface area is 321 Å². The van der Waals surface area contributed by atoms with Gasteiger partial charge in [0.15, 0.2) is 0 Å². The molecule has 0 amide bonds. The lowest BCUT2D eigenvalue weighted by Crippen LogP contribution is -2.26. The molecule has 0 aromatic heterocycles. The van der Waals surface area contributed by atoms with Crippen LogP contribution < -0.4 is 9.80 Å². The molecule has 1 spiro atoms. The zero-order valence-corrected chi connectivity index (χ0v) is 30.2. The summed E-state index contributed by atoms with van der Waals surface area (Å²) < 4.78 is 0. The summed E-state index contributed by atoms with van der Waals surface area (Å²) in [5.41, 5.74) is 16.5. The fourth-order valence-corrected chi connectivity index (χ4v) is 9.40. The van der Waals surface area contributed by atoms with Crippen molar-refractivity contribution in [1.82, 2.24) is 0 Å². The Kier molecular flexibility index (Phi) is 7.11. The van der Waals surface area contributed by atoms with Gasteiger partial charge in [-0.25, -0.2) is 0 Å². The Morgan fingerprint density at radius 2 is 0.691 bits per heavy atom. The number of rotatable bonds is 6. The SMILES string of the molecule is c1ccc(N(c2ccccc2)c2cc(N(c3ccccc3)c3ccccc3)c3c(c2)C2(c4ccccc4-c4ccccc42)c2cc4ccccc4cc2-3)cc1. The Morgan fingerprint density at radius 1 is 0.273 bits per heavy atom. The molecule has 0 unspecified atom stereocenters. The minimum Gasteiger partial charge on any atom is -0.310 e. The second-order valence-corrected chi connectivity index (χ2v) is 14.5. The summed E-state index contributed by atoms with van der Waals surface area (Å²) in [6.07, 6.45) is 0. The summed E-state index contributed by atoms with van der Waals surface area (Å²) in [4.78, 5) is 4.87. The number of fused-ring (bicyclic) bond motifs is 11. The number of anilines is 6. The highest BCUT2D eigenvalue weighted by molar-refractivity contribution is 6.06. The van der Waals surface area contributed by atoms with E-state index < -0.39 is 5.41 Å². The van der Waals surface area contributed by atoms with Crippen LogP contribution in [0.1, 0.15) is 22.3 Å². The third-order valence-electron chi connectivity index (χ3n) is 11.6. The molecule has 0 bridgehead atoms. The summed E-state index contributed by atoms with van der Waals surface area (Å²) in [7, 11) is 0. The van der Waals surface area contributed by atoms with E-state index in [9.17, 15) is 0 Å². The second-order valence-electron chi connectivity index (χ2n) is 14.5. The van der Waals surface area contributed by atoms with Crippen molar-refractivity contribution in [2.45, 2.75) is 5.41 Å². The fraction of sp³-hybridized carbons (Fsp3) is 0.0189. The minimum atomic E-state index is -0.551. The average Bonchev–Trinajstić information content (AvgIpc) is 3.71. The van der Waals surface area contributed by atoms with Gasteiger partial charge in [-0.2, -0.15) is 0 Å². The fourth-order valence-electron chi connectivity index (χ4n) is 9.40. The van der Waals surface area contributed by atoms with Gasteiger partial charge in [0.1, 0.15) is 0 Å². The van der Waals surface area contributed by atoms with E-state index >= 15 is 0 Å². The van der Waals surface area contributed by atoms with Gasteiger partial charge >= 0.3 is 0 Å². The van der Waals surface area contributed by atoms with Gasteiger partial charge in [-0.05, 0) is 123 Å². The van der Waals surface area contributed by atoms with Crippen molar-refractivity contribution in [3.63, 3.8) is 0 Å². The van der Waals surface area contributed by atoms with Gasteiger partial charge in [-0.1, -0.05) is 146 Å². The smallest absolute Gasteiger partial charge is 0.0727 e. The summed E-state index contributed by atoms with van der Waals surface area (Å²) in [5.74, 6) is 0. The quantitative estimate of drug-likeness (QED) is 0.170. The Hall–Kier alpha value is -7.16. The van der Waals surface area contributed by atoms with Crippen LogP contribution in [0.4, 0.5) is 34.1 Å². The largest absolute Gasteiger partial charge is 0.310 e. The van der Waals surface area contributed by atoms with Gasteiger partial charge in [-0.3, -0.25) is 0 Å². The monoisotopic (exact) mass is 700 g/mol. The van der Waals surface area contributed by atoms with Gasteiger partial charge in [-0.15, -0.1) is 0 Å². The van der Waals surface area contributed by atoms with E-state index in [1.54, 1.807) is 0 Å². The maximum absolute atomic E-state index is 2.50. The molecule has 0 aliphatic heterocycles. The molecule has 0 saturated heterocycles. The molecule has 258 valence electrons. The molecule has 2 aliphatic rings. The predicted octanol–water partition coefficient (Wildman–Crippen LogP) is 14.1. The first-order valence-electron chi connectivity index (χ1n) is 19.0.